The maximum Gasteiger partial charge on any atom is 0.277 e. The third-order valence-electron chi connectivity index (χ3n) is 3.12. The van der Waals surface area contributed by atoms with Crippen molar-refractivity contribution in [3.8, 4) is 5.75 Å². The van der Waals surface area contributed by atoms with Gasteiger partial charge in [0, 0.05) is 4.47 Å². The molecule has 1 N–H and O–H groups in total. The molecule has 2 aromatic carbocycles. The zero-order valence-electron chi connectivity index (χ0n) is 12.5. The Labute approximate surface area is 138 Å². The first-order valence-corrected chi connectivity index (χ1v) is 7.61. The average Bonchev–Trinajstić information content (AvgIpc) is 2.50. The Morgan fingerprint density at radius 2 is 1.91 bits per heavy atom. The van der Waals surface area contributed by atoms with Gasteiger partial charge in [0.05, 0.1) is 6.21 Å². The van der Waals surface area contributed by atoms with E-state index in [1.165, 1.54) is 5.56 Å². The standard InChI is InChI=1S/C17H17BrN2O2/c1-12-3-8-16(9-13(12)2)22-11-17(21)20-19-10-14-4-6-15(18)7-5-14/h3-10H,11H2,1-2H3,(H,20,21). The molecule has 0 saturated heterocycles. The molecule has 0 bridgehead atoms. The molecule has 2 aromatic rings. The van der Waals surface area contributed by atoms with Crippen LogP contribution in [0.15, 0.2) is 52.0 Å². The third kappa shape index (κ3) is 5.00. The van der Waals surface area contributed by atoms with Gasteiger partial charge in [-0.1, -0.05) is 34.1 Å². The van der Waals surface area contributed by atoms with E-state index < -0.39 is 0 Å². The second kappa shape index (κ2) is 7.75. The first-order chi connectivity index (χ1) is 10.5. The van der Waals surface area contributed by atoms with Crippen LogP contribution in [0.4, 0.5) is 0 Å². The molecular weight excluding hydrogens is 344 g/mol. The van der Waals surface area contributed by atoms with Crippen molar-refractivity contribution < 1.29 is 9.53 Å². The minimum atomic E-state index is -0.299. The van der Waals surface area contributed by atoms with E-state index in [1.807, 2.05) is 56.3 Å². The number of amides is 1. The largest absolute Gasteiger partial charge is 0.484 e. The van der Waals surface area contributed by atoms with Crippen LogP contribution in [-0.4, -0.2) is 18.7 Å². The van der Waals surface area contributed by atoms with E-state index >= 15 is 0 Å². The van der Waals surface area contributed by atoms with Crippen molar-refractivity contribution in [1.82, 2.24) is 5.43 Å². The molecule has 1 amide bonds. The summed E-state index contributed by atoms with van der Waals surface area (Å²) < 4.78 is 6.43. The first kappa shape index (κ1) is 16.2. The molecule has 0 aliphatic carbocycles. The summed E-state index contributed by atoms with van der Waals surface area (Å²) in [5.74, 6) is 0.377. The van der Waals surface area contributed by atoms with E-state index in [4.69, 9.17) is 4.74 Å². The molecule has 0 fully saturated rings. The lowest BCUT2D eigenvalue weighted by atomic mass is 10.1. The Morgan fingerprint density at radius 1 is 1.18 bits per heavy atom. The van der Waals surface area contributed by atoms with Gasteiger partial charge in [0.15, 0.2) is 6.61 Å². The van der Waals surface area contributed by atoms with Crippen molar-refractivity contribution in [2.45, 2.75) is 13.8 Å². The normalized spacial score (nSPS) is 10.7. The molecule has 0 aromatic heterocycles. The summed E-state index contributed by atoms with van der Waals surface area (Å²) >= 11 is 3.36. The lowest BCUT2D eigenvalue weighted by Crippen LogP contribution is -2.24. The number of hydrogen-bond donors (Lipinski definition) is 1. The van der Waals surface area contributed by atoms with Crippen molar-refractivity contribution in [1.29, 1.82) is 0 Å². The number of nitrogens with one attached hydrogen (secondary N) is 1. The van der Waals surface area contributed by atoms with Crippen LogP contribution in [0, 0.1) is 13.8 Å². The molecule has 0 atom stereocenters. The van der Waals surface area contributed by atoms with Gasteiger partial charge in [0.2, 0.25) is 0 Å². The van der Waals surface area contributed by atoms with Crippen LogP contribution < -0.4 is 10.2 Å². The molecule has 114 valence electrons. The maximum atomic E-state index is 11.7. The molecule has 5 heteroatoms. The van der Waals surface area contributed by atoms with Crippen LogP contribution in [0.3, 0.4) is 0 Å². The summed E-state index contributed by atoms with van der Waals surface area (Å²) in [5.41, 5.74) is 5.66. The molecule has 2 rings (SSSR count). The summed E-state index contributed by atoms with van der Waals surface area (Å²) in [7, 11) is 0. The Bertz CT molecular complexity index is 682. The highest BCUT2D eigenvalue weighted by molar-refractivity contribution is 9.10. The number of hydrogen-bond acceptors (Lipinski definition) is 3. The number of benzene rings is 2. The summed E-state index contributed by atoms with van der Waals surface area (Å²) in [6.07, 6.45) is 1.58. The van der Waals surface area contributed by atoms with Crippen molar-refractivity contribution in [2.24, 2.45) is 5.10 Å². The van der Waals surface area contributed by atoms with Gasteiger partial charge in [-0.25, -0.2) is 5.43 Å². The van der Waals surface area contributed by atoms with Crippen molar-refractivity contribution >= 4 is 28.1 Å². The molecule has 0 aliphatic heterocycles. The van der Waals surface area contributed by atoms with Crippen LogP contribution in [-0.2, 0) is 4.79 Å². The van der Waals surface area contributed by atoms with Gasteiger partial charge in [0.1, 0.15) is 5.75 Å². The molecule has 0 saturated carbocycles. The van der Waals surface area contributed by atoms with Gasteiger partial charge in [-0.15, -0.1) is 0 Å². The Morgan fingerprint density at radius 3 is 2.59 bits per heavy atom. The number of ether oxygens (including phenoxy) is 1. The SMILES string of the molecule is Cc1ccc(OCC(=O)NN=Cc2ccc(Br)cc2)cc1C. The quantitative estimate of drug-likeness (QED) is 0.654. The number of hydrazone groups is 1. The number of carbonyl (C=O) groups excluding carboxylic acids is 1. The topological polar surface area (TPSA) is 50.7 Å². The molecular formula is C17H17BrN2O2. The molecule has 0 aliphatic rings. The van der Waals surface area contributed by atoms with Crippen molar-refractivity contribution in [3.05, 3.63) is 63.6 Å². The first-order valence-electron chi connectivity index (χ1n) is 6.82. The fraction of sp³-hybridized carbons (Fsp3) is 0.176. The fourth-order valence-corrected chi connectivity index (χ4v) is 1.98. The van der Waals surface area contributed by atoms with Gasteiger partial charge in [-0.3, -0.25) is 4.79 Å². The van der Waals surface area contributed by atoms with E-state index in [1.54, 1.807) is 6.21 Å². The number of halogens is 1. The summed E-state index contributed by atoms with van der Waals surface area (Å²) in [6.45, 7) is 3.97. The zero-order valence-corrected chi connectivity index (χ0v) is 14.1. The Balaban J connectivity index is 1.80. The van der Waals surface area contributed by atoms with Crippen molar-refractivity contribution in [3.63, 3.8) is 0 Å². The zero-order chi connectivity index (χ0) is 15.9. The van der Waals surface area contributed by atoms with E-state index in [9.17, 15) is 4.79 Å². The van der Waals surface area contributed by atoms with E-state index in [-0.39, 0.29) is 12.5 Å². The molecule has 0 radical (unpaired) electrons. The third-order valence-corrected chi connectivity index (χ3v) is 3.65. The van der Waals surface area contributed by atoms with E-state index in [2.05, 4.69) is 26.5 Å². The number of carbonyl (C=O) groups is 1. The van der Waals surface area contributed by atoms with Gasteiger partial charge in [-0.05, 0) is 54.8 Å². The van der Waals surface area contributed by atoms with Crippen LogP contribution in [0.5, 0.6) is 5.75 Å². The monoisotopic (exact) mass is 360 g/mol. The number of nitrogens with zero attached hydrogens (tertiary/aromatic N) is 1. The van der Waals surface area contributed by atoms with E-state index in [0.29, 0.717) is 5.75 Å². The van der Waals surface area contributed by atoms with Gasteiger partial charge in [-0.2, -0.15) is 5.10 Å². The molecule has 22 heavy (non-hydrogen) atoms. The Hall–Kier alpha value is -2.14. The minimum Gasteiger partial charge on any atom is -0.484 e. The van der Waals surface area contributed by atoms with Crippen LogP contribution >= 0.6 is 15.9 Å². The molecule has 0 spiro atoms. The molecule has 0 heterocycles. The highest BCUT2D eigenvalue weighted by Crippen LogP contribution is 2.16. The Kier molecular flexibility index (Phi) is 5.72. The predicted octanol–water partition coefficient (Wildman–Crippen LogP) is 3.60. The average molecular weight is 361 g/mol. The molecule has 0 unspecified atom stereocenters. The van der Waals surface area contributed by atoms with Gasteiger partial charge < -0.3 is 4.74 Å². The highest BCUT2D eigenvalue weighted by atomic mass is 79.9. The van der Waals surface area contributed by atoms with Gasteiger partial charge in [0.25, 0.3) is 5.91 Å². The highest BCUT2D eigenvalue weighted by Gasteiger charge is 2.02. The van der Waals surface area contributed by atoms with E-state index in [0.717, 1.165) is 15.6 Å². The smallest absolute Gasteiger partial charge is 0.277 e. The summed E-state index contributed by atoms with van der Waals surface area (Å²) in [5, 5.41) is 3.90. The maximum absolute atomic E-state index is 11.7. The minimum absolute atomic E-state index is 0.0693. The number of rotatable bonds is 5. The van der Waals surface area contributed by atoms with Crippen molar-refractivity contribution in [2.75, 3.05) is 6.61 Å². The lowest BCUT2D eigenvalue weighted by Gasteiger charge is -2.07. The predicted molar refractivity (Wildman–Crippen MR) is 91.3 cm³/mol. The summed E-state index contributed by atoms with van der Waals surface area (Å²) in [6, 6.07) is 13.3. The fourth-order valence-electron chi connectivity index (χ4n) is 1.71. The molecule has 4 nitrogen and oxygen atoms in total. The number of aryl methyl sites for hydroxylation is 2. The van der Waals surface area contributed by atoms with Crippen LogP contribution in [0.2, 0.25) is 0 Å². The van der Waals surface area contributed by atoms with Crippen LogP contribution in [0.1, 0.15) is 16.7 Å². The summed E-state index contributed by atoms with van der Waals surface area (Å²) in [4.78, 5) is 11.7. The lowest BCUT2D eigenvalue weighted by molar-refractivity contribution is -0.123. The van der Waals surface area contributed by atoms with Gasteiger partial charge >= 0.3 is 0 Å². The second-order valence-corrected chi connectivity index (χ2v) is 5.80. The second-order valence-electron chi connectivity index (χ2n) is 4.88. The van der Waals surface area contributed by atoms with Crippen LogP contribution in [0.25, 0.3) is 0 Å².